The molecule has 28 heavy (non-hydrogen) atoms. The molecule has 0 spiro atoms. The molecule has 0 unspecified atom stereocenters. The number of hydrogen-bond donors (Lipinski definition) is 1. The van der Waals surface area contributed by atoms with Crippen LogP contribution in [0.3, 0.4) is 0 Å². The summed E-state index contributed by atoms with van der Waals surface area (Å²) in [5.74, 6) is -0.103. The molecule has 0 saturated heterocycles. The Labute approximate surface area is 170 Å². The van der Waals surface area contributed by atoms with E-state index in [9.17, 15) is 13.2 Å². The summed E-state index contributed by atoms with van der Waals surface area (Å²) in [4.78, 5) is 13.6. The molecule has 0 radical (unpaired) electrons. The van der Waals surface area contributed by atoms with Gasteiger partial charge in [0.2, 0.25) is 0 Å². The van der Waals surface area contributed by atoms with Crippen LogP contribution in [0.2, 0.25) is 0 Å². The van der Waals surface area contributed by atoms with Crippen molar-refractivity contribution >= 4 is 33.3 Å². The van der Waals surface area contributed by atoms with Gasteiger partial charge in [0.05, 0.1) is 4.90 Å². The van der Waals surface area contributed by atoms with Crippen LogP contribution < -0.4 is 4.72 Å². The Hall–Kier alpha value is -2.57. The number of aryl methyl sites for hydroxylation is 2. The molecule has 6 heteroatoms. The molecule has 0 aliphatic carbocycles. The van der Waals surface area contributed by atoms with Gasteiger partial charge in [0.25, 0.3) is 10.0 Å². The molecule has 144 valence electrons. The maximum atomic E-state index is 12.5. The molecule has 0 aliphatic heterocycles. The van der Waals surface area contributed by atoms with Gasteiger partial charge in [-0.05, 0) is 68.8 Å². The van der Waals surface area contributed by atoms with Gasteiger partial charge in [0.1, 0.15) is 0 Å². The number of sulfonamides is 1. The fourth-order valence-electron chi connectivity index (χ4n) is 2.71. The van der Waals surface area contributed by atoms with Gasteiger partial charge >= 0.3 is 0 Å². The Morgan fingerprint density at radius 2 is 1.54 bits per heavy atom. The summed E-state index contributed by atoms with van der Waals surface area (Å²) in [6.45, 7) is 5.59. The normalized spacial score (nSPS) is 11.2. The number of nitrogens with one attached hydrogen (secondary N) is 1. The number of Topliss-reactive ketones (excluding diaryl/α,β-unsaturated/α-hetero) is 1. The van der Waals surface area contributed by atoms with E-state index in [-0.39, 0.29) is 10.7 Å². The molecule has 0 aromatic heterocycles. The summed E-state index contributed by atoms with van der Waals surface area (Å²) in [5.41, 5.74) is 3.40. The van der Waals surface area contributed by atoms with Crippen molar-refractivity contribution in [2.24, 2.45) is 0 Å². The predicted molar refractivity (Wildman–Crippen MR) is 114 cm³/mol. The standard InChI is InChI=1S/C22H21NO3S2/c1-15-4-13-22(16(2)14-15)27-20-9-7-19(8-10-20)23-28(25,26)21-11-5-18(6-12-21)17(3)24/h4-14,23H,1-3H3. The lowest BCUT2D eigenvalue weighted by atomic mass is 10.2. The molecule has 0 saturated carbocycles. The van der Waals surface area contributed by atoms with Crippen molar-refractivity contribution in [1.29, 1.82) is 0 Å². The Morgan fingerprint density at radius 3 is 2.11 bits per heavy atom. The molecule has 3 aromatic rings. The van der Waals surface area contributed by atoms with Gasteiger partial charge in [-0.15, -0.1) is 0 Å². The molecule has 4 nitrogen and oxygen atoms in total. The van der Waals surface area contributed by atoms with E-state index in [1.807, 2.05) is 12.1 Å². The van der Waals surface area contributed by atoms with Crippen molar-refractivity contribution in [3.8, 4) is 0 Å². The van der Waals surface area contributed by atoms with Crippen LogP contribution in [0.1, 0.15) is 28.4 Å². The number of benzene rings is 3. The van der Waals surface area contributed by atoms with Gasteiger partial charge in [0, 0.05) is 21.0 Å². The van der Waals surface area contributed by atoms with E-state index in [1.165, 1.54) is 47.2 Å². The van der Waals surface area contributed by atoms with E-state index in [1.54, 1.807) is 23.9 Å². The van der Waals surface area contributed by atoms with Gasteiger partial charge in [0.15, 0.2) is 5.78 Å². The minimum Gasteiger partial charge on any atom is -0.295 e. The molecular weight excluding hydrogens is 390 g/mol. The average Bonchev–Trinajstić information content (AvgIpc) is 2.65. The Balaban J connectivity index is 1.73. The quantitative estimate of drug-likeness (QED) is 0.547. The second-order valence-electron chi connectivity index (χ2n) is 6.58. The third-order valence-electron chi connectivity index (χ3n) is 4.24. The van der Waals surface area contributed by atoms with Crippen LogP contribution >= 0.6 is 11.8 Å². The SMILES string of the molecule is CC(=O)c1ccc(S(=O)(=O)Nc2ccc(Sc3ccc(C)cc3C)cc2)cc1. The van der Waals surface area contributed by atoms with Crippen molar-refractivity contribution in [2.75, 3.05) is 4.72 Å². The van der Waals surface area contributed by atoms with Crippen LogP contribution in [-0.2, 0) is 10.0 Å². The second kappa shape index (κ2) is 8.20. The molecule has 0 amide bonds. The molecule has 0 atom stereocenters. The second-order valence-corrected chi connectivity index (χ2v) is 9.38. The van der Waals surface area contributed by atoms with Crippen LogP contribution in [0, 0.1) is 13.8 Å². The molecule has 1 N–H and O–H groups in total. The first-order valence-corrected chi connectivity index (χ1v) is 11.0. The number of carbonyl (C=O) groups is 1. The highest BCUT2D eigenvalue weighted by atomic mass is 32.2. The summed E-state index contributed by atoms with van der Waals surface area (Å²) in [6, 6.07) is 19.5. The van der Waals surface area contributed by atoms with Crippen molar-refractivity contribution < 1.29 is 13.2 Å². The zero-order chi connectivity index (χ0) is 20.3. The number of ketones is 1. The third kappa shape index (κ3) is 4.82. The largest absolute Gasteiger partial charge is 0.295 e. The molecular formula is C22H21NO3S2. The topological polar surface area (TPSA) is 63.2 Å². The fourth-order valence-corrected chi connectivity index (χ4v) is 4.66. The summed E-state index contributed by atoms with van der Waals surface area (Å²) in [6.07, 6.45) is 0. The third-order valence-corrected chi connectivity index (χ3v) is 6.82. The lowest BCUT2D eigenvalue weighted by Gasteiger charge is -2.10. The number of carbonyl (C=O) groups excluding carboxylic acids is 1. The Morgan fingerprint density at radius 1 is 0.893 bits per heavy atom. The van der Waals surface area contributed by atoms with Crippen molar-refractivity contribution in [3.63, 3.8) is 0 Å². The first kappa shape index (κ1) is 20.2. The average molecular weight is 412 g/mol. The lowest BCUT2D eigenvalue weighted by Crippen LogP contribution is -2.13. The zero-order valence-electron chi connectivity index (χ0n) is 15.9. The first-order chi connectivity index (χ1) is 13.2. The molecule has 3 aromatic carbocycles. The highest BCUT2D eigenvalue weighted by molar-refractivity contribution is 7.99. The van der Waals surface area contributed by atoms with Crippen molar-refractivity contribution in [2.45, 2.75) is 35.5 Å². The van der Waals surface area contributed by atoms with Gasteiger partial charge in [-0.25, -0.2) is 8.42 Å². The van der Waals surface area contributed by atoms with E-state index in [0.717, 1.165) is 4.90 Å². The zero-order valence-corrected chi connectivity index (χ0v) is 17.5. The maximum absolute atomic E-state index is 12.5. The summed E-state index contributed by atoms with van der Waals surface area (Å²) in [7, 11) is -3.71. The molecule has 3 rings (SSSR count). The number of anilines is 1. The highest BCUT2D eigenvalue weighted by Gasteiger charge is 2.14. The smallest absolute Gasteiger partial charge is 0.261 e. The van der Waals surface area contributed by atoms with Crippen LogP contribution in [0.5, 0.6) is 0 Å². The highest BCUT2D eigenvalue weighted by Crippen LogP contribution is 2.31. The van der Waals surface area contributed by atoms with E-state index >= 15 is 0 Å². The molecule has 0 fully saturated rings. The van der Waals surface area contributed by atoms with Gasteiger partial charge < -0.3 is 0 Å². The van der Waals surface area contributed by atoms with E-state index in [2.05, 4.69) is 36.8 Å². The molecule has 0 bridgehead atoms. The fraction of sp³-hybridized carbons (Fsp3) is 0.136. The Bertz CT molecular complexity index is 1100. The predicted octanol–water partition coefficient (Wildman–Crippen LogP) is 5.46. The minimum atomic E-state index is -3.71. The van der Waals surface area contributed by atoms with Crippen molar-refractivity contribution in [1.82, 2.24) is 0 Å². The molecule has 0 heterocycles. The number of rotatable bonds is 6. The van der Waals surface area contributed by atoms with Gasteiger partial charge in [-0.2, -0.15) is 0 Å². The maximum Gasteiger partial charge on any atom is 0.261 e. The first-order valence-electron chi connectivity index (χ1n) is 8.73. The van der Waals surface area contributed by atoms with Crippen molar-refractivity contribution in [3.05, 3.63) is 83.4 Å². The van der Waals surface area contributed by atoms with Crippen LogP contribution in [0.4, 0.5) is 5.69 Å². The number of hydrogen-bond acceptors (Lipinski definition) is 4. The summed E-state index contributed by atoms with van der Waals surface area (Å²) in [5, 5.41) is 0. The van der Waals surface area contributed by atoms with Crippen LogP contribution in [0.15, 0.2) is 81.4 Å². The van der Waals surface area contributed by atoms with Crippen LogP contribution in [-0.4, -0.2) is 14.2 Å². The van der Waals surface area contributed by atoms with Crippen LogP contribution in [0.25, 0.3) is 0 Å². The summed E-state index contributed by atoms with van der Waals surface area (Å²) >= 11 is 1.64. The van der Waals surface area contributed by atoms with E-state index in [4.69, 9.17) is 0 Å². The molecule has 0 aliphatic rings. The minimum absolute atomic E-state index is 0.103. The lowest BCUT2D eigenvalue weighted by molar-refractivity contribution is 0.101. The summed E-state index contributed by atoms with van der Waals surface area (Å²) < 4.78 is 27.6. The van der Waals surface area contributed by atoms with E-state index in [0.29, 0.717) is 11.3 Å². The Kier molecular flexibility index (Phi) is 5.91. The monoisotopic (exact) mass is 411 g/mol. The van der Waals surface area contributed by atoms with Gasteiger partial charge in [-0.3, -0.25) is 9.52 Å². The van der Waals surface area contributed by atoms with E-state index < -0.39 is 10.0 Å². The van der Waals surface area contributed by atoms with Gasteiger partial charge in [-0.1, -0.05) is 41.6 Å².